The van der Waals surface area contributed by atoms with Gasteiger partial charge in [0.2, 0.25) is 0 Å². The standard InChI is InChI=1S/C17H25FN4O2/c1-12-10-22(11-16(12)21-3-5-24-6-4-21)17(23)20-13(2)14-7-15(18)9-19-8-14/h7-9,12-13,16H,3-6,10-11H2,1-2H3,(H,20,23)/t12?,13-,16?/m0/s1. The van der Waals surface area contributed by atoms with E-state index in [-0.39, 0.29) is 12.1 Å². The van der Waals surface area contributed by atoms with Crippen LogP contribution in [-0.2, 0) is 4.74 Å². The van der Waals surface area contributed by atoms with Crippen LogP contribution in [-0.4, -0.2) is 66.2 Å². The van der Waals surface area contributed by atoms with Gasteiger partial charge in [0.1, 0.15) is 5.82 Å². The minimum absolute atomic E-state index is 0.102. The summed E-state index contributed by atoms with van der Waals surface area (Å²) in [5, 5.41) is 2.95. The Morgan fingerprint density at radius 1 is 1.38 bits per heavy atom. The minimum atomic E-state index is -0.393. The van der Waals surface area contributed by atoms with Gasteiger partial charge in [0.05, 0.1) is 25.5 Å². The highest BCUT2D eigenvalue weighted by Gasteiger charge is 2.36. The second-order valence-corrected chi connectivity index (χ2v) is 6.71. The Balaban J connectivity index is 1.57. The first-order valence-electron chi connectivity index (χ1n) is 8.52. The summed E-state index contributed by atoms with van der Waals surface area (Å²) in [7, 11) is 0. The molecule has 3 heterocycles. The van der Waals surface area contributed by atoms with Crippen LogP contribution in [0.2, 0.25) is 0 Å². The predicted octanol–water partition coefficient (Wildman–Crippen LogP) is 1.64. The van der Waals surface area contributed by atoms with Gasteiger partial charge in [-0.1, -0.05) is 6.92 Å². The molecule has 1 aromatic heterocycles. The normalized spacial score (nSPS) is 26.4. The molecule has 2 fully saturated rings. The van der Waals surface area contributed by atoms with Crippen LogP contribution in [0.5, 0.6) is 0 Å². The summed E-state index contributed by atoms with van der Waals surface area (Å²) in [6.45, 7) is 8.87. The van der Waals surface area contributed by atoms with Crippen LogP contribution in [0, 0.1) is 11.7 Å². The number of likely N-dealkylation sites (tertiary alicyclic amines) is 1. The number of rotatable bonds is 3. The zero-order chi connectivity index (χ0) is 17.1. The lowest BCUT2D eigenvalue weighted by atomic mass is 10.0. The molecule has 0 bridgehead atoms. The number of hydrogen-bond donors (Lipinski definition) is 1. The monoisotopic (exact) mass is 336 g/mol. The molecule has 0 aliphatic carbocycles. The second kappa shape index (κ2) is 7.44. The van der Waals surface area contributed by atoms with Crippen molar-refractivity contribution in [3.63, 3.8) is 0 Å². The molecule has 0 radical (unpaired) electrons. The number of amides is 2. The number of nitrogens with one attached hydrogen (secondary N) is 1. The fourth-order valence-electron chi connectivity index (χ4n) is 3.52. The van der Waals surface area contributed by atoms with Crippen molar-refractivity contribution in [3.05, 3.63) is 29.8 Å². The molecule has 2 unspecified atom stereocenters. The Kier molecular flexibility index (Phi) is 5.30. The molecule has 1 N–H and O–H groups in total. The van der Waals surface area contributed by atoms with E-state index in [1.54, 1.807) is 6.20 Å². The lowest BCUT2D eigenvalue weighted by Gasteiger charge is -2.34. The number of hydrogen-bond acceptors (Lipinski definition) is 4. The van der Waals surface area contributed by atoms with Crippen molar-refractivity contribution < 1.29 is 13.9 Å². The van der Waals surface area contributed by atoms with Crippen molar-refractivity contribution in [2.24, 2.45) is 5.92 Å². The van der Waals surface area contributed by atoms with Crippen molar-refractivity contribution >= 4 is 6.03 Å². The van der Waals surface area contributed by atoms with E-state index in [1.807, 2.05) is 11.8 Å². The van der Waals surface area contributed by atoms with E-state index in [0.29, 0.717) is 17.5 Å². The molecule has 0 saturated carbocycles. The molecule has 24 heavy (non-hydrogen) atoms. The SMILES string of the molecule is CC1CN(C(=O)N[C@@H](C)c2cncc(F)c2)CC1N1CCOCC1. The number of aromatic nitrogens is 1. The summed E-state index contributed by atoms with van der Waals surface area (Å²) in [6.07, 6.45) is 2.74. The maximum absolute atomic E-state index is 13.3. The van der Waals surface area contributed by atoms with Gasteiger partial charge < -0.3 is 15.0 Å². The van der Waals surface area contributed by atoms with Crippen LogP contribution in [0.15, 0.2) is 18.5 Å². The molecular weight excluding hydrogens is 311 g/mol. The van der Waals surface area contributed by atoms with Gasteiger partial charge in [0.15, 0.2) is 0 Å². The fourth-order valence-corrected chi connectivity index (χ4v) is 3.52. The van der Waals surface area contributed by atoms with Gasteiger partial charge in [-0.3, -0.25) is 9.88 Å². The third kappa shape index (κ3) is 3.84. The summed E-state index contributed by atoms with van der Waals surface area (Å²) in [6, 6.07) is 1.40. The number of morpholine rings is 1. The van der Waals surface area contributed by atoms with E-state index in [0.717, 1.165) is 45.6 Å². The summed E-state index contributed by atoms with van der Waals surface area (Å²) in [5.41, 5.74) is 0.667. The van der Waals surface area contributed by atoms with Gasteiger partial charge in [-0.05, 0) is 24.5 Å². The molecule has 1 aromatic rings. The number of halogens is 1. The maximum Gasteiger partial charge on any atom is 0.317 e. The smallest absolute Gasteiger partial charge is 0.317 e. The average molecular weight is 336 g/mol. The second-order valence-electron chi connectivity index (χ2n) is 6.71. The van der Waals surface area contributed by atoms with E-state index in [4.69, 9.17) is 4.74 Å². The maximum atomic E-state index is 13.3. The number of nitrogens with zero attached hydrogens (tertiary/aromatic N) is 3. The van der Waals surface area contributed by atoms with E-state index in [9.17, 15) is 9.18 Å². The number of pyridine rings is 1. The van der Waals surface area contributed by atoms with Crippen molar-refractivity contribution in [1.29, 1.82) is 0 Å². The lowest BCUT2D eigenvalue weighted by Crippen LogP contribution is -2.47. The van der Waals surface area contributed by atoms with Crippen molar-refractivity contribution in [2.75, 3.05) is 39.4 Å². The molecule has 132 valence electrons. The molecule has 7 heteroatoms. The van der Waals surface area contributed by atoms with Gasteiger partial charge in [-0.15, -0.1) is 0 Å². The summed E-state index contributed by atoms with van der Waals surface area (Å²) >= 11 is 0. The molecule has 2 aliphatic heterocycles. The largest absolute Gasteiger partial charge is 0.379 e. The highest BCUT2D eigenvalue weighted by Crippen LogP contribution is 2.23. The first-order valence-corrected chi connectivity index (χ1v) is 8.52. The zero-order valence-corrected chi connectivity index (χ0v) is 14.2. The number of urea groups is 1. The minimum Gasteiger partial charge on any atom is -0.379 e. The molecule has 0 spiro atoms. The quantitative estimate of drug-likeness (QED) is 0.912. The van der Waals surface area contributed by atoms with Gasteiger partial charge in [0.25, 0.3) is 0 Å². The Bertz CT molecular complexity index is 579. The Labute approximate surface area is 142 Å². The number of carbonyl (C=O) groups is 1. The fraction of sp³-hybridized carbons (Fsp3) is 0.647. The molecule has 3 rings (SSSR count). The molecule has 3 atom stereocenters. The zero-order valence-electron chi connectivity index (χ0n) is 14.2. The predicted molar refractivity (Wildman–Crippen MR) is 88.1 cm³/mol. The van der Waals surface area contributed by atoms with E-state index in [2.05, 4.69) is 22.1 Å². The van der Waals surface area contributed by atoms with E-state index in [1.165, 1.54) is 6.07 Å². The van der Waals surface area contributed by atoms with E-state index < -0.39 is 5.82 Å². The van der Waals surface area contributed by atoms with E-state index >= 15 is 0 Å². The highest BCUT2D eigenvalue weighted by atomic mass is 19.1. The van der Waals surface area contributed by atoms with Gasteiger partial charge >= 0.3 is 6.03 Å². The van der Waals surface area contributed by atoms with Crippen LogP contribution >= 0.6 is 0 Å². The summed E-state index contributed by atoms with van der Waals surface area (Å²) in [4.78, 5) is 20.7. The molecule has 2 amide bonds. The first-order chi connectivity index (χ1) is 11.5. The first kappa shape index (κ1) is 17.1. The molecular formula is C17H25FN4O2. The molecule has 0 aromatic carbocycles. The Morgan fingerprint density at radius 2 is 2.12 bits per heavy atom. The van der Waals surface area contributed by atoms with Gasteiger partial charge in [-0.25, -0.2) is 9.18 Å². The molecule has 2 aliphatic rings. The van der Waals surface area contributed by atoms with Crippen LogP contribution in [0.25, 0.3) is 0 Å². The Morgan fingerprint density at radius 3 is 2.83 bits per heavy atom. The molecule has 2 saturated heterocycles. The summed E-state index contributed by atoms with van der Waals surface area (Å²) < 4.78 is 18.7. The third-order valence-electron chi connectivity index (χ3n) is 4.94. The van der Waals surface area contributed by atoms with Crippen LogP contribution in [0.1, 0.15) is 25.5 Å². The lowest BCUT2D eigenvalue weighted by molar-refractivity contribution is 0.0123. The van der Waals surface area contributed by atoms with Crippen molar-refractivity contribution in [1.82, 2.24) is 20.1 Å². The average Bonchev–Trinajstić information content (AvgIpc) is 2.97. The van der Waals surface area contributed by atoms with Crippen molar-refractivity contribution in [2.45, 2.75) is 25.9 Å². The summed E-state index contributed by atoms with van der Waals surface area (Å²) in [5.74, 6) is 0.0377. The molecule has 6 nitrogen and oxygen atoms in total. The number of carbonyl (C=O) groups excluding carboxylic acids is 1. The van der Waals surface area contributed by atoms with Crippen LogP contribution in [0.4, 0.5) is 9.18 Å². The van der Waals surface area contributed by atoms with Crippen LogP contribution < -0.4 is 5.32 Å². The topological polar surface area (TPSA) is 57.7 Å². The highest BCUT2D eigenvalue weighted by molar-refractivity contribution is 5.75. The van der Waals surface area contributed by atoms with Gasteiger partial charge in [0, 0.05) is 38.4 Å². The van der Waals surface area contributed by atoms with Crippen molar-refractivity contribution in [3.8, 4) is 0 Å². The van der Waals surface area contributed by atoms with Gasteiger partial charge in [-0.2, -0.15) is 0 Å². The third-order valence-corrected chi connectivity index (χ3v) is 4.94. The van der Waals surface area contributed by atoms with Crippen LogP contribution in [0.3, 0.4) is 0 Å². The number of ether oxygens (including phenoxy) is 1. The Hall–Kier alpha value is -1.73.